The number of alkyl halides is 3. The minimum atomic E-state index is -5.38. The summed E-state index contributed by atoms with van der Waals surface area (Å²) in [5, 5.41) is 1.76. The van der Waals surface area contributed by atoms with Gasteiger partial charge in [0.05, 0.1) is 14.2 Å². The lowest BCUT2D eigenvalue weighted by atomic mass is 9.91. The molecular weight excluding hydrogens is 473 g/mol. The molecule has 1 aliphatic rings. The van der Waals surface area contributed by atoms with Gasteiger partial charge in [0.15, 0.2) is 11.5 Å². The second-order valence-corrected chi connectivity index (χ2v) is 8.42. The van der Waals surface area contributed by atoms with Crippen molar-refractivity contribution >= 4 is 17.6 Å². The SMILES string of the molecule is COc1ccc(CCN2C(=O)[C@@](NC(=O)CC(C)C)(C(F)(F)F)c3c2[nH]c(=O)[nH]c3=O)cc1OC. The number of carbonyl (C=O) groups is 2. The van der Waals surface area contributed by atoms with Crippen molar-refractivity contribution in [3.63, 3.8) is 0 Å². The van der Waals surface area contributed by atoms with Gasteiger partial charge in [-0.05, 0) is 30.0 Å². The van der Waals surface area contributed by atoms with Crippen LogP contribution >= 0.6 is 0 Å². The van der Waals surface area contributed by atoms with Gasteiger partial charge in [0.2, 0.25) is 5.91 Å². The zero-order valence-corrected chi connectivity index (χ0v) is 19.5. The Morgan fingerprint density at radius 1 is 1.11 bits per heavy atom. The molecule has 1 aliphatic heterocycles. The fourth-order valence-corrected chi connectivity index (χ4v) is 4.01. The highest BCUT2D eigenvalue weighted by molar-refractivity contribution is 6.09. The van der Waals surface area contributed by atoms with Crippen LogP contribution in [0.5, 0.6) is 11.5 Å². The number of carbonyl (C=O) groups excluding carboxylic acids is 2. The summed E-state index contributed by atoms with van der Waals surface area (Å²) >= 11 is 0. The Labute approximate surface area is 197 Å². The first-order valence-corrected chi connectivity index (χ1v) is 10.6. The number of fused-ring (bicyclic) bond motifs is 1. The van der Waals surface area contributed by atoms with Gasteiger partial charge in [-0.3, -0.25) is 29.3 Å². The zero-order valence-electron chi connectivity index (χ0n) is 19.5. The molecule has 0 unspecified atom stereocenters. The van der Waals surface area contributed by atoms with Crippen LogP contribution in [0.4, 0.5) is 19.0 Å². The fraction of sp³-hybridized carbons (Fsp3) is 0.455. The van der Waals surface area contributed by atoms with Gasteiger partial charge in [-0.2, -0.15) is 13.2 Å². The van der Waals surface area contributed by atoms with Crippen molar-refractivity contribution in [3.05, 3.63) is 50.2 Å². The molecule has 35 heavy (non-hydrogen) atoms. The van der Waals surface area contributed by atoms with E-state index in [2.05, 4.69) is 4.98 Å². The van der Waals surface area contributed by atoms with Crippen LogP contribution in [0.3, 0.4) is 0 Å². The van der Waals surface area contributed by atoms with Crippen LogP contribution in [0.2, 0.25) is 0 Å². The number of ether oxygens (including phenoxy) is 2. The van der Waals surface area contributed by atoms with Crippen molar-refractivity contribution in [2.45, 2.75) is 38.4 Å². The fourth-order valence-electron chi connectivity index (χ4n) is 4.01. The Balaban J connectivity index is 2.08. The number of hydrogen-bond donors (Lipinski definition) is 3. The third-order valence-corrected chi connectivity index (χ3v) is 5.55. The monoisotopic (exact) mass is 498 g/mol. The van der Waals surface area contributed by atoms with Crippen molar-refractivity contribution in [3.8, 4) is 11.5 Å². The summed E-state index contributed by atoms with van der Waals surface area (Å²) < 4.78 is 53.9. The Morgan fingerprint density at radius 3 is 2.34 bits per heavy atom. The molecule has 190 valence electrons. The van der Waals surface area contributed by atoms with Crippen molar-refractivity contribution in [1.82, 2.24) is 15.3 Å². The molecule has 2 aromatic rings. The van der Waals surface area contributed by atoms with Gasteiger partial charge in [-0.25, -0.2) is 4.79 Å². The van der Waals surface area contributed by atoms with Crippen molar-refractivity contribution in [2.24, 2.45) is 5.92 Å². The molecule has 0 aliphatic carbocycles. The number of aromatic nitrogens is 2. The number of anilines is 1. The molecule has 1 aromatic heterocycles. The average Bonchev–Trinajstić information content (AvgIpc) is 2.99. The summed E-state index contributed by atoms with van der Waals surface area (Å²) in [6.45, 7) is 2.90. The van der Waals surface area contributed by atoms with Gasteiger partial charge >= 0.3 is 11.9 Å². The molecule has 10 nitrogen and oxygen atoms in total. The number of aromatic amines is 2. The van der Waals surface area contributed by atoms with Crippen molar-refractivity contribution < 1.29 is 32.2 Å². The highest BCUT2D eigenvalue weighted by Gasteiger charge is 2.70. The smallest absolute Gasteiger partial charge is 0.425 e. The minimum Gasteiger partial charge on any atom is -0.493 e. The van der Waals surface area contributed by atoms with Gasteiger partial charge in [-0.1, -0.05) is 19.9 Å². The minimum absolute atomic E-state index is 0.0360. The largest absolute Gasteiger partial charge is 0.493 e. The van der Waals surface area contributed by atoms with Gasteiger partial charge in [0.1, 0.15) is 11.4 Å². The molecule has 3 N–H and O–H groups in total. The highest BCUT2D eigenvalue weighted by atomic mass is 19.4. The summed E-state index contributed by atoms with van der Waals surface area (Å²) in [6.07, 6.45) is -5.66. The van der Waals surface area contributed by atoms with E-state index in [0.29, 0.717) is 22.0 Å². The van der Waals surface area contributed by atoms with Crippen LogP contribution in [0, 0.1) is 5.92 Å². The van der Waals surface area contributed by atoms with E-state index in [1.165, 1.54) is 14.2 Å². The number of amides is 2. The molecule has 3 rings (SSSR count). The van der Waals surface area contributed by atoms with Crippen LogP contribution in [0.25, 0.3) is 0 Å². The van der Waals surface area contributed by atoms with E-state index >= 15 is 0 Å². The summed E-state index contributed by atoms with van der Waals surface area (Å²) in [5.41, 5.74) is -6.67. The third kappa shape index (κ3) is 4.62. The summed E-state index contributed by atoms with van der Waals surface area (Å²) in [5.74, 6) is -2.79. The summed E-state index contributed by atoms with van der Waals surface area (Å²) in [6, 6.07) is 4.81. The Kier molecular flexibility index (Phi) is 6.99. The van der Waals surface area contributed by atoms with Crippen LogP contribution in [-0.2, 0) is 21.5 Å². The number of halogens is 3. The number of rotatable bonds is 8. The Bertz CT molecular complexity index is 1250. The number of hydrogen-bond acceptors (Lipinski definition) is 6. The normalized spacial score (nSPS) is 17.5. The first-order valence-electron chi connectivity index (χ1n) is 10.6. The molecule has 0 saturated heterocycles. The maximum atomic E-state index is 14.5. The molecule has 0 fully saturated rings. The van der Waals surface area contributed by atoms with Crippen LogP contribution in [0.1, 0.15) is 31.4 Å². The quantitative estimate of drug-likeness (QED) is 0.506. The maximum absolute atomic E-state index is 14.5. The van der Waals surface area contributed by atoms with E-state index < -0.39 is 46.2 Å². The molecule has 1 aromatic carbocycles. The lowest BCUT2D eigenvalue weighted by molar-refractivity contribution is -0.201. The van der Waals surface area contributed by atoms with Gasteiger partial charge in [0, 0.05) is 13.0 Å². The van der Waals surface area contributed by atoms with E-state index in [0.717, 1.165) is 0 Å². The number of benzene rings is 1. The second-order valence-electron chi connectivity index (χ2n) is 8.42. The molecule has 0 saturated carbocycles. The molecule has 13 heteroatoms. The number of nitrogens with zero attached hydrogens (tertiary/aromatic N) is 1. The van der Waals surface area contributed by atoms with Crippen LogP contribution in [0.15, 0.2) is 27.8 Å². The summed E-state index contributed by atoms with van der Waals surface area (Å²) in [7, 11) is 2.85. The Morgan fingerprint density at radius 2 is 1.77 bits per heavy atom. The molecule has 2 amide bonds. The standard InChI is InChI=1S/C22H25F3N4O6/c1-11(2)9-15(30)28-21(22(23,24)25)16-17(26-20(33)27-18(16)31)29(19(21)32)8-7-12-5-6-13(34-3)14(10-12)35-4/h5-6,10-11H,7-9H2,1-4H3,(H,28,30)(H2,26,27,31,33)/t21-/m1/s1. The number of methoxy groups -OCH3 is 2. The Hall–Kier alpha value is -3.77. The molecular formula is C22H25F3N4O6. The third-order valence-electron chi connectivity index (χ3n) is 5.55. The number of H-pyrrole nitrogens is 2. The topological polar surface area (TPSA) is 134 Å². The maximum Gasteiger partial charge on any atom is 0.425 e. The van der Waals surface area contributed by atoms with Crippen molar-refractivity contribution in [1.29, 1.82) is 0 Å². The van der Waals surface area contributed by atoms with E-state index in [1.54, 1.807) is 42.3 Å². The molecule has 1 atom stereocenters. The predicted octanol–water partition coefficient (Wildman–Crippen LogP) is 1.59. The highest BCUT2D eigenvalue weighted by Crippen LogP contribution is 2.47. The average molecular weight is 498 g/mol. The van der Waals surface area contributed by atoms with Crippen molar-refractivity contribution in [2.75, 3.05) is 25.7 Å². The van der Waals surface area contributed by atoms with E-state index in [1.807, 2.05) is 0 Å². The zero-order chi connectivity index (χ0) is 26.1. The van der Waals surface area contributed by atoms with Gasteiger partial charge in [0.25, 0.3) is 17.0 Å². The van der Waals surface area contributed by atoms with Gasteiger partial charge in [-0.15, -0.1) is 0 Å². The molecule has 0 spiro atoms. The van der Waals surface area contributed by atoms with Gasteiger partial charge < -0.3 is 14.8 Å². The lowest BCUT2D eigenvalue weighted by Crippen LogP contribution is -2.63. The lowest BCUT2D eigenvalue weighted by Gasteiger charge is -2.31. The summed E-state index contributed by atoms with van der Waals surface area (Å²) in [4.78, 5) is 54.8. The van der Waals surface area contributed by atoms with E-state index in [9.17, 15) is 32.3 Å². The predicted molar refractivity (Wildman–Crippen MR) is 119 cm³/mol. The van der Waals surface area contributed by atoms with E-state index in [4.69, 9.17) is 9.47 Å². The first-order chi connectivity index (χ1) is 16.3. The van der Waals surface area contributed by atoms with E-state index in [-0.39, 0.29) is 25.3 Å². The molecule has 0 radical (unpaired) electrons. The molecule has 2 heterocycles. The van der Waals surface area contributed by atoms with Crippen LogP contribution < -0.4 is 30.9 Å². The number of nitrogens with one attached hydrogen (secondary N) is 3. The molecule has 0 bridgehead atoms. The second kappa shape index (κ2) is 9.47. The first kappa shape index (κ1) is 25.8. The van der Waals surface area contributed by atoms with Crippen LogP contribution in [-0.4, -0.2) is 48.7 Å².